The Morgan fingerprint density at radius 1 is 1.43 bits per heavy atom. The van der Waals surface area contributed by atoms with Crippen LogP contribution in [-0.2, 0) is 9.59 Å². The number of hydrogen-bond donors (Lipinski definition) is 1. The Labute approximate surface area is 138 Å². The maximum absolute atomic E-state index is 12.4. The second-order valence-corrected chi connectivity index (χ2v) is 6.78. The van der Waals surface area contributed by atoms with E-state index in [0.29, 0.717) is 25.3 Å². The quantitative estimate of drug-likeness (QED) is 0.819. The molecule has 4 amide bonds. The molecule has 1 atom stereocenters. The summed E-state index contributed by atoms with van der Waals surface area (Å²) >= 11 is 1.64. The van der Waals surface area contributed by atoms with Crippen LogP contribution >= 0.6 is 11.3 Å². The Hall–Kier alpha value is -1.96. The fourth-order valence-corrected chi connectivity index (χ4v) is 3.84. The Bertz CT molecular complexity index is 574. The largest absolute Gasteiger partial charge is 0.342 e. The molecule has 0 aliphatic carbocycles. The molecule has 0 bridgehead atoms. The zero-order valence-electron chi connectivity index (χ0n) is 12.9. The fraction of sp³-hybridized carbons (Fsp3) is 0.600. The molecule has 7 nitrogen and oxygen atoms in total. The summed E-state index contributed by atoms with van der Waals surface area (Å²) in [5, 5.41) is 5.54. The average Bonchev–Trinajstić information content (AvgIpc) is 3.20. The van der Waals surface area contributed by atoms with Crippen LogP contribution in [0.5, 0.6) is 0 Å². The summed E-state index contributed by atoms with van der Waals surface area (Å²) in [7, 11) is 0. The van der Waals surface area contributed by atoms with E-state index < -0.39 is 0 Å². The van der Waals surface area contributed by atoms with E-state index in [4.69, 9.17) is 0 Å². The van der Waals surface area contributed by atoms with Crippen molar-refractivity contribution in [1.29, 1.82) is 0 Å². The third kappa shape index (κ3) is 3.69. The zero-order chi connectivity index (χ0) is 16.2. The molecule has 124 valence electrons. The van der Waals surface area contributed by atoms with Crippen molar-refractivity contribution in [3.05, 3.63) is 16.6 Å². The number of imide groups is 1. The highest BCUT2D eigenvalue weighted by Gasteiger charge is 2.29. The first-order chi connectivity index (χ1) is 11.1. The molecule has 8 heteroatoms. The van der Waals surface area contributed by atoms with Gasteiger partial charge < -0.3 is 10.2 Å². The number of rotatable bonds is 5. The lowest BCUT2D eigenvalue weighted by atomic mass is 9.98. The zero-order valence-corrected chi connectivity index (χ0v) is 13.7. The molecular formula is C15H20N4O3S. The van der Waals surface area contributed by atoms with Crippen molar-refractivity contribution < 1.29 is 14.4 Å². The van der Waals surface area contributed by atoms with Gasteiger partial charge in [-0.25, -0.2) is 9.78 Å². The van der Waals surface area contributed by atoms with Crippen molar-refractivity contribution in [1.82, 2.24) is 20.1 Å². The first-order valence-electron chi connectivity index (χ1n) is 7.90. The Morgan fingerprint density at radius 3 is 3.00 bits per heavy atom. The monoisotopic (exact) mass is 336 g/mol. The van der Waals surface area contributed by atoms with Crippen LogP contribution in [0.15, 0.2) is 11.6 Å². The van der Waals surface area contributed by atoms with Crippen molar-refractivity contribution in [3.8, 4) is 0 Å². The molecule has 0 spiro atoms. The van der Waals surface area contributed by atoms with Crippen LogP contribution < -0.4 is 5.32 Å². The standard InChI is InChI=1S/C15H20N4O3S/c20-12(4-2-7-19-13(21)9-17-15(19)22)18-6-1-3-11(10-18)14-16-5-8-23-14/h5,8,11H,1-4,6-7,9-10H2,(H,17,22)/t11-/m0/s1. The maximum Gasteiger partial charge on any atom is 0.324 e. The number of aromatic nitrogens is 1. The number of nitrogens with one attached hydrogen (secondary N) is 1. The van der Waals surface area contributed by atoms with Crippen LogP contribution in [0.1, 0.15) is 36.6 Å². The lowest BCUT2D eigenvalue weighted by Gasteiger charge is -2.32. The first kappa shape index (κ1) is 15.9. The topological polar surface area (TPSA) is 82.6 Å². The van der Waals surface area contributed by atoms with Gasteiger partial charge in [0.1, 0.15) is 0 Å². The molecule has 1 N–H and O–H groups in total. The minimum Gasteiger partial charge on any atom is -0.342 e. The van der Waals surface area contributed by atoms with Gasteiger partial charge in [-0.3, -0.25) is 14.5 Å². The minimum absolute atomic E-state index is 0.0639. The van der Waals surface area contributed by atoms with Crippen LogP contribution in [0.4, 0.5) is 4.79 Å². The van der Waals surface area contributed by atoms with E-state index in [9.17, 15) is 14.4 Å². The second-order valence-electron chi connectivity index (χ2n) is 5.86. The van der Waals surface area contributed by atoms with E-state index in [-0.39, 0.29) is 24.4 Å². The summed E-state index contributed by atoms with van der Waals surface area (Å²) < 4.78 is 0. The van der Waals surface area contributed by atoms with E-state index in [1.165, 1.54) is 4.90 Å². The SMILES string of the molecule is O=C(CCCN1C(=O)CNC1=O)N1CCC[C@H](c2nccs2)C1. The van der Waals surface area contributed by atoms with Gasteiger partial charge in [-0.1, -0.05) is 0 Å². The van der Waals surface area contributed by atoms with Gasteiger partial charge in [0.25, 0.3) is 0 Å². The molecule has 3 heterocycles. The molecule has 0 radical (unpaired) electrons. The summed E-state index contributed by atoms with van der Waals surface area (Å²) in [6.07, 6.45) is 4.74. The predicted molar refractivity (Wildman–Crippen MR) is 85.0 cm³/mol. The Morgan fingerprint density at radius 2 is 2.30 bits per heavy atom. The van der Waals surface area contributed by atoms with E-state index in [1.54, 1.807) is 17.5 Å². The van der Waals surface area contributed by atoms with Gasteiger partial charge in [0, 0.05) is 43.5 Å². The van der Waals surface area contributed by atoms with Crippen molar-refractivity contribution in [2.75, 3.05) is 26.2 Å². The molecule has 1 aromatic heterocycles. The smallest absolute Gasteiger partial charge is 0.324 e. The normalized spacial score (nSPS) is 21.7. The molecule has 0 saturated carbocycles. The van der Waals surface area contributed by atoms with Crippen LogP contribution in [0.2, 0.25) is 0 Å². The summed E-state index contributed by atoms with van der Waals surface area (Å²) in [5.74, 6) is 0.209. The third-order valence-electron chi connectivity index (χ3n) is 4.28. The molecule has 23 heavy (non-hydrogen) atoms. The number of thiazole rings is 1. The van der Waals surface area contributed by atoms with Crippen LogP contribution in [-0.4, -0.2) is 58.8 Å². The molecule has 2 aliphatic rings. The summed E-state index contributed by atoms with van der Waals surface area (Å²) in [6.45, 7) is 1.87. The molecule has 0 aromatic carbocycles. The first-order valence-corrected chi connectivity index (χ1v) is 8.78. The summed E-state index contributed by atoms with van der Waals surface area (Å²) in [4.78, 5) is 42.7. The third-order valence-corrected chi connectivity index (χ3v) is 5.22. The number of carbonyl (C=O) groups is 3. The van der Waals surface area contributed by atoms with Crippen molar-refractivity contribution in [3.63, 3.8) is 0 Å². The van der Waals surface area contributed by atoms with Gasteiger partial charge in [-0.15, -0.1) is 11.3 Å². The van der Waals surface area contributed by atoms with Crippen molar-refractivity contribution >= 4 is 29.2 Å². The number of carbonyl (C=O) groups excluding carboxylic acids is 3. The average molecular weight is 336 g/mol. The summed E-state index contributed by atoms with van der Waals surface area (Å²) in [5.41, 5.74) is 0. The Kier molecular flexibility index (Phi) is 4.90. The van der Waals surface area contributed by atoms with Gasteiger partial charge in [0.15, 0.2) is 0 Å². The van der Waals surface area contributed by atoms with Crippen LogP contribution in [0.25, 0.3) is 0 Å². The van der Waals surface area contributed by atoms with Crippen molar-refractivity contribution in [2.45, 2.75) is 31.6 Å². The molecule has 3 rings (SSSR count). The van der Waals surface area contributed by atoms with Gasteiger partial charge >= 0.3 is 6.03 Å². The number of hydrogen-bond acceptors (Lipinski definition) is 5. The molecular weight excluding hydrogens is 316 g/mol. The highest BCUT2D eigenvalue weighted by atomic mass is 32.1. The molecule has 0 unspecified atom stereocenters. The summed E-state index contributed by atoms with van der Waals surface area (Å²) in [6, 6.07) is -0.357. The number of urea groups is 1. The van der Waals surface area contributed by atoms with E-state index in [0.717, 1.165) is 30.9 Å². The second kappa shape index (κ2) is 7.08. The van der Waals surface area contributed by atoms with Gasteiger partial charge in [-0.05, 0) is 19.3 Å². The lowest BCUT2D eigenvalue weighted by Crippen LogP contribution is -2.39. The highest BCUT2D eigenvalue weighted by Crippen LogP contribution is 2.28. The lowest BCUT2D eigenvalue weighted by molar-refractivity contribution is -0.133. The van der Waals surface area contributed by atoms with Crippen LogP contribution in [0, 0.1) is 0 Å². The van der Waals surface area contributed by atoms with Gasteiger partial charge in [0.05, 0.1) is 11.6 Å². The Balaban J connectivity index is 1.46. The van der Waals surface area contributed by atoms with Gasteiger partial charge in [0.2, 0.25) is 11.8 Å². The predicted octanol–water partition coefficient (Wildman–Crippen LogP) is 1.18. The highest BCUT2D eigenvalue weighted by molar-refractivity contribution is 7.09. The number of nitrogens with zero attached hydrogens (tertiary/aromatic N) is 3. The van der Waals surface area contributed by atoms with Crippen LogP contribution in [0.3, 0.4) is 0 Å². The number of amides is 4. The fourth-order valence-electron chi connectivity index (χ4n) is 3.07. The molecule has 2 aliphatic heterocycles. The molecule has 1 aromatic rings. The van der Waals surface area contributed by atoms with E-state index in [1.807, 2.05) is 10.3 Å². The number of piperidine rings is 1. The van der Waals surface area contributed by atoms with E-state index >= 15 is 0 Å². The van der Waals surface area contributed by atoms with Gasteiger partial charge in [-0.2, -0.15) is 0 Å². The van der Waals surface area contributed by atoms with Crippen molar-refractivity contribution in [2.24, 2.45) is 0 Å². The minimum atomic E-state index is -0.357. The van der Waals surface area contributed by atoms with E-state index in [2.05, 4.69) is 10.3 Å². The molecule has 2 fully saturated rings. The maximum atomic E-state index is 12.4. The molecule has 2 saturated heterocycles. The number of likely N-dealkylation sites (tertiary alicyclic amines) is 1.